The second-order valence-corrected chi connectivity index (χ2v) is 6.95. The molecule has 3 heterocycles. The summed E-state index contributed by atoms with van der Waals surface area (Å²) < 4.78 is 11.9. The number of aromatic nitrogens is 6. The minimum absolute atomic E-state index is 0.0181. The zero-order valence-electron chi connectivity index (χ0n) is 16.7. The van der Waals surface area contributed by atoms with Crippen LogP contribution in [0.2, 0.25) is 0 Å². The van der Waals surface area contributed by atoms with Gasteiger partial charge in [0.2, 0.25) is 0 Å². The van der Waals surface area contributed by atoms with E-state index in [2.05, 4.69) is 4.98 Å². The summed E-state index contributed by atoms with van der Waals surface area (Å²) in [5.74, 6) is -0.571. The van der Waals surface area contributed by atoms with Gasteiger partial charge >= 0.3 is 17.3 Å². The Kier molecular flexibility index (Phi) is 4.65. The molecule has 0 aliphatic carbocycles. The number of hydrogen-bond donors (Lipinski definition) is 0. The molecule has 0 N–H and O–H groups in total. The van der Waals surface area contributed by atoms with E-state index in [0.717, 1.165) is 10.1 Å². The average molecular weight is 412 g/mol. The van der Waals surface area contributed by atoms with Crippen LogP contribution < -0.4 is 16.9 Å². The molecule has 0 aliphatic rings. The minimum atomic E-state index is -0.571. The zero-order valence-corrected chi connectivity index (χ0v) is 16.7. The van der Waals surface area contributed by atoms with E-state index in [1.807, 2.05) is 6.07 Å². The summed E-state index contributed by atoms with van der Waals surface area (Å²) in [7, 11) is 4.57. The number of fused-ring (bicyclic) bond motifs is 2. The van der Waals surface area contributed by atoms with Gasteiger partial charge in [-0.25, -0.2) is 14.6 Å². The van der Waals surface area contributed by atoms with Crippen LogP contribution in [0.5, 0.6) is 0 Å². The molecular weight excluding hydrogens is 392 g/mol. The monoisotopic (exact) mass is 412 g/mol. The van der Waals surface area contributed by atoms with Crippen LogP contribution in [-0.2, 0) is 43.8 Å². The lowest BCUT2D eigenvalue weighted by Gasteiger charge is -2.08. The van der Waals surface area contributed by atoms with E-state index in [-0.39, 0.29) is 36.6 Å². The van der Waals surface area contributed by atoms with Crippen molar-refractivity contribution in [1.82, 2.24) is 27.8 Å². The highest BCUT2D eigenvalue weighted by Crippen LogP contribution is 2.11. The van der Waals surface area contributed by atoms with Crippen LogP contribution in [0.25, 0.3) is 22.2 Å². The van der Waals surface area contributed by atoms with Gasteiger partial charge in [-0.05, 0) is 12.1 Å². The number of hydrogen-bond acceptors (Lipinski definition) is 6. The van der Waals surface area contributed by atoms with E-state index in [9.17, 15) is 19.2 Å². The molecule has 0 saturated carbocycles. The first-order valence-electron chi connectivity index (χ1n) is 9.22. The second kappa shape index (κ2) is 7.17. The molecule has 0 atom stereocenters. The largest absolute Gasteiger partial charge is 0.462 e. The van der Waals surface area contributed by atoms with Crippen molar-refractivity contribution < 1.29 is 9.53 Å². The molecule has 11 heteroatoms. The third-order valence-corrected chi connectivity index (χ3v) is 5.15. The first-order chi connectivity index (χ1) is 14.3. The predicted molar refractivity (Wildman–Crippen MR) is 108 cm³/mol. The van der Waals surface area contributed by atoms with Crippen molar-refractivity contribution in [3.05, 3.63) is 61.9 Å². The van der Waals surface area contributed by atoms with Gasteiger partial charge < -0.3 is 9.30 Å². The molecule has 30 heavy (non-hydrogen) atoms. The van der Waals surface area contributed by atoms with E-state index < -0.39 is 17.2 Å². The van der Waals surface area contributed by atoms with E-state index in [1.54, 1.807) is 25.2 Å². The van der Waals surface area contributed by atoms with Crippen LogP contribution in [0.3, 0.4) is 0 Å². The standard InChI is InChI=1S/C19H20N6O5/c1-21-12-6-4-5-7-13(12)25(19(21)29)10-14(26)30-9-8-24-11-20-16-15(24)17(27)23(3)18(28)22(16)2/h4-7,11H,8-10H2,1-3H3. The van der Waals surface area contributed by atoms with Gasteiger partial charge in [-0.3, -0.25) is 27.9 Å². The van der Waals surface area contributed by atoms with Gasteiger partial charge in [0.25, 0.3) is 5.56 Å². The van der Waals surface area contributed by atoms with Crippen LogP contribution in [0.15, 0.2) is 45.0 Å². The average Bonchev–Trinajstić information content (AvgIpc) is 3.26. The summed E-state index contributed by atoms with van der Waals surface area (Å²) in [5.41, 5.74) is 0.633. The van der Waals surface area contributed by atoms with Crippen molar-refractivity contribution in [2.45, 2.75) is 13.1 Å². The molecule has 0 radical (unpaired) electrons. The number of carbonyl (C=O) groups excluding carboxylic acids is 1. The molecule has 4 aromatic rings. The minimum Gasteiger partial charge on any atom is -0.462 e. The maximum absolute atomic E-state index is 12.4. The summed E-state index contributed by atoms with van der Waals surface area (Å²) >= 11 is 0. The number of para-hydroxylation sites is 2. The van der Waals surface area contributed by atoms with Gasteiger partial charge in [-0.15, -0.1) is 0 Å². The molecule has 0 bridgehead atoms. The Balaban J connectivity index is 1.50. The van der Waals surface area contributed by atoms with Crippen LogP contribution in [0, 0.1) is 0 Å². The van der Waals surface area contributed by atoms with Crippen molar-refractivity contribution in [3.8, 4) is 0 Å². The fourth-order valence-electron chi connectivity index (χ4n) is 3.52. The molecule has 1 aromatic carbocycles. The van der Waals surface area contributed by atoms with Crippen LogP contribution in [0.4, 0.5) is 0 Å². The summed E-state index contributed by atoms with van der Waals surface area (Å²) in [6.45, 7) is -0.0585. The summed E-state index contributed by atoms with van der Waals surface area (Å²) in [5, 5.41) is 0. The van der Waals surface area contributed by atoms with Crippen molar-refractivity contribution in [1.29, 1.82) is 0 Å². The molecule has 0 aliphatic heterocycles. The predicted octanol–water partition coefficient (Wildman–Crippen LogP) is -0.669. The molecule has 156 valence electrons. The van der Waals surface area contributed by atoms with Gasteiger partial charge in [0.05, 0.1) is 23.9 Å². The fraction of sp³-hybridized carbons (Fsp3) is 0.316. The fourth-order valence-corrected chi connectivity index (χ4v) is 3.52. The number of ether oxygens (including phenoxy) is 1. The highest BCUT2D eigenvalue weighted by atomic mass is 16.5. The van der Waals surface area contributed by atoms with Gasteiger partial charge in [0.1, 0.15) is 13.2 Å². The molecule has 0 spiro atoms. The number of rotatable bonds is 5. The maximum Gasteiger partial charge on any atom is 0.332 e. The number of benzene rings is 1. The maximum atomic E-state index is 12.4. The molecule has 0 saturated heterocycles. The number of nitrogens with zero attached hydrogens (tertiary/aromatic N) is 6. The summed E-state index contributed by atoms with van der Waals surface area (Å²) in [4.78, 5) is 53.2. The third kappa shape index (κ3) is 2.95. The van der Waals surface area contributed by atoms with Crippen LogP contribution in [0.1, 0.15) is 0 Å². The SMILES string of the molecule is Cn1c(=O)c2c(ncn2CCOC(=O)Cn2c(=O)n(C)c3ccccc32)n(C)c1=O. The lowest BCUT2D eigenvalue weighted by Crippen LogP contribution is -2.37. The topological polar surface area (TPSA) is 115 Å². The molecule has 0 amide bonds. The first kappa shape index (κ1) is 19.4. The van der Waals surface area contributed by atoms with Crippen molar-refractivity contribution >= 4 is 28.2 Å². The number of carbonyl (C=O) groups is 1. The normalized spacial score (nSPS) is 11.4. The Bertz CT molecular complexity index is 1470. The Labute approximate surface area is 169 Å². The third-order valence-electron chi connectivity index (χ3n) is 5.15. The number of imidazole rings is 2. The summed E-state index contributed by atoms with van der Waals surface area (Å²) in [6.07, 6.45) is 1.43. The zero-order chi connectivity index (χ0) is 21.6. The van der Waals surface area contributed by atoms with E-state index in [0.29, 0.717) is 5.52 Å². The van der Waals surface area contributed by atoms with Crippen molar-refractivity contribution in [2.24, 2.45) is 21.1 Å². The Morgan fingerprint density at radius 1 is 0.967 bits per heavy atom. The van der Waals surface area contributed by atoms with Gasteiger partial charge in [0.15, 0.2) is 11.2 Å². The highest BCUT2D eigenvalue weighted by Gasteiger charge is 2.16. The lowest BCUT2D eigenvalue weighted by molar-refractivity contribution is -0.144. The van der Waals surface area contributed by atoms with Crippen LogP contribution >= 0.6 is 0 Å². The molecule has 0 unspecified atom stereocenters. The molecule has 11 nitrogen and oxygen atoms in total. The molecule has 3 aromatic heterocycles. The van der Waals surface area contributed by atoms with Crippen LogP contribution in [-0.4, -0.2) is 40.4 Å². The molecule has 0 fully saturated rings. The number of aryl methyl sites for hydroxylation is 2. The molecule has 4 rings (SSSR count). The first-order valence-corrected chi connectivity index (χ1v) is 9.22. The van der Waals surface area contributed by atoms with Crippen molar-refractivity contribution in [3.63, 3.8) is 0 Å². The lowest BCUT2D eigenvalue weighted by atomic mass is 10.3. The quantitative estimate of drug-likeness (QED) is 0.402. The Hall–Kier alpha value is -3.89. The highest BCUT2D eigenvalue weighted by molar-refractivity contribution is 5.78. The molecular formula is C19H20N6O5. The van der Waals surface area contributed by atoms with E-state index in [4.69, 9.17) is 4.74 Å². The van der Waals surface area contributed by atoms with E-state index in [1.165, 1.54) is 38.7 Å². The Morgan fingerprint density at radius 2 is 1.67 bits per heavy atom. The van der Waals surface area contributed by atoms with Gasteiger partial charge in [-0.1, -0.05) is 12.1 Å². The van der Waals surface area contributed by atoms with Crippen molar-refractivity contribution in [2.75, 3.05) is 6.61 Å². The van der Waals surface area contributed by atoms with Gasteiger partial charge in [0, 0.05) is 21.1 Å². The second-order valence-electron chi connectivity index (χ2n) is 6.95. The number of esters is 1. The van der Waals surface area contributed by atoms with E-state index >= 15 is 0 Å². The smallest absolute Gasteiger partial charge is 0.332 e. The Morgan fingerprint density at radius 3 is 2.40 bits per heavy atom. The summed E-state index contributed by atoms with van der Waals surface area (Å²) in [6, 6.07) is 7.18. The van der Waals surface area contributed by atoms with Gasteiger partial charge in [-0.2, -0.15) is 0 Å².